The second kappa shape index (κ2) is 4.82. The van der Waals surface area contributed by atoms with E-state index in [2.05, 4.69) is 0 Å². The van der Waals surface area contributed by atoms with Crippen molar-refractivity contribution in [1.29, 1.82) is 0 Å². The standard InChI is InChI=1S/C15H12N2O3S/c1-16(2)9-3-5-11-13(7-9)21-14-8-10(17(19)20)4-6-12(14)15(11)18/h3-8H,1-2H3. The fourth-order valence-corrected chi connectivity index (χ4v) is 3.36. The number of nitro benzene ring substituents is 1. The van der Waals surface area contributed by atoms with Gasteiger partial charge in [0.25, 0.3) is 5.69 Å². The van der Waals surface area contributed by atoms with Gasteiger partial charge in [0.1, 0.15) is 0 Å². The predicted molar refractivity (Wildman–Crippen MR) is 86.6 cm³/mol. The van der Waals surface area contributed by atoms with Crippen LogP contribution in [0.15, 0.2) is 41.2 Å². The second-order valence-electron chi connectivity index (χ2n) is 4.94. The number of hydrogen-bond acceptors (Lipinski definition) is 5. The van der Waals surface area contributed by atoms with E-state index in [1.165, 1.54) is 29.5 Å². The maximum atomic E-state index is 12.5. The molecule has 0 N–H and O–H groups in total. The van der Waals surface area contributed by atoms with Crippen molar-refractivity contribution in [2.75, 3.05) is 19.0 Å². The van der Waals surface area contributed by atoms with Gasteiger partial charge in [-0.25, -0.2) is 0 Å². The lowest BCUT2D eigenvalue weighted by atomic mass is 10.1. The molecule has 0 aliphatic carbocycles. The number of rotatable bonds is 2. The molecule has 0 fully saturated rings. The molecule has 0 spiro atoms. The fourth-order valence-electron chi connectivity index (χ4n) is 2.22. The SMILES string of the molecule is CN(C)c1ccc2c(=O)c3ccc([N+](=O)[O-])cc3sc2c1. The van der Waals surface area contributed by atoms with E-state index < -0.39 is 4.92 Å². The molecular formula is C15H12N2O3S. The van der Waals surface area contributed by atoms with Gasteiger partial charge in [-0.15, -0.1) is 11.3 Å². The number of non-ortho nitro benzene ring substituents is 1. The summed E-state index contributed by atoms with van der Waals surface area (Å²) in [4.78, 5) is 24.8. The van der Waals surface area contributed by atoms with Gasteiger partial charge in [-0.2, -0.15) is 0 Å². The lowest BCUT2D eigenvalue weighted by Gasteiger charge is -2.12. The van der Waals surface area contributed by atoms with Gasteiger partial charge in [-0.05, 0) is 24.3 Å². The Hall–Kier alpha value is -2.47. The third-order valence-corrected chi connectivity index (χ3v) is 4.48. The molecule has 0 unspecified atom stereocenters. The van der Waals surface area contributed by atoms with Gasteiger partial charge < -0.3 is 4.90 Å². The number of hydrogen-bond donors (Lipinski definition) is 0. The van der Waals surface area contributed by atoms with Gasteiger partial charge in [0.05, 0.1) is 4.92 Å². The topological polar surface area (TPSA) is 63.5 Å². The summed E-state index contributed by atoms with van der Waals surface area (Å²) in [6.07, 6.45) is 0. The van der Waals surface area contributed by atoms with Gasteiger partial charge in [-0.3, -0.25) is 14.9 Å². The van der Waals surface area contributed by atoms with Gasteiger partial charge in [0.15, 0.2) is 5.43 Å². The van der Waals surface area contributed by atoms with Crippen molar-refractivity contribution >= 4 is 42.9 Å². The van der Waals surface area contributed by atoms with Gasteiger partial charge >= 0.3 is 0 Å². The van der Waals surface area contributed by atoms with E-state index in [9.17, 15) is 14.9 Å². The highest BCUT2D eigenvalue weighted by molar-refractivity contribution is 7.24. The average Bonchev–Trinajstić information content (AvgIpc) is 2.46. The van der Waals surface area contributed by atoms with Crippen molar-refractivity contribution < 1.29 is 4.92 Å². The molecule has 0 aliphatic rings. The van der Waals surface area contributed by atoms with E-state index in [-0.39, 0.29) is 11.1 Å². The Kier molecular flexibility index (Phi) is 3.10. The Balaban J connectivity index is 2.38. The Morgan fingerprint density at radius 2 is 1.67 bits per heavy atom. The van der Waals surface area contributed by atoms with Crippen LogP contribution in [0.3, 0.4) is 0 Å². The first-order valence-electron chi connectivity index (χ1n) is 6.30. The Bertz CT molecular complexity index is 931. The average molecular weight is 300 g/mol. The summed E-state index contributed by atoms with van der Waals surface area (Å²) in [7, 11) is 3.85. The maximum absolute atomic E-state index is 12.5. The molecule has 0 aliphatic heterocycles. The lowest BCUT2D eigenvalue weighted by Crippen LogP contribution is -2.09. The van der Waals surface area contributed by atoms with Gasteiger partial charge in [0, 0.05) is 52.1 Å². The van der Waals surface area contributed by atoms with E-state index in [0.29, 0.717) is 15.5 Å². The summed E-state index contributed by atoms with van der Waals surface area (Å²) in [6, 6.07) is 10.0. The van der Waals surface area contributed by atoms with Crippen molar-refractivity contribution in [2.24, 2.45) is 0 Å². The summed E-state index contributed by atoms with van der Waals surface area (Å²) in [5.74, 6) is 0. The Labute approximate surface area is 124 Å². The van der Waals surface area contributed by atoms with Crippen LogP contribution in [0.25, 0.3) is 20.2 Å². The molecule has 2 aromatic carbocycles. The quantitative estimate of drug-likeness (QED) is 0.413. The van der Waals surface area contributed by atoms with E-state index in [1.807, 2.05) is 37.2 Å². The number of anilines is 1. The second-order valence-corrected chi connectivity index (χ2v) is 6.03. The lowest BCUT2D eigenvalue weighted by molar-refractivity contribution is -0.384. The van der Waals surface area contributed by atoms with Crippen molar-refractivity contribution in [3.63, 3.8) is 0 Å². The summed E-state index contributed by atoms with van der Waals surface area (Å²) >= 11 is 1.40. The molecule has 1 heterocycles. The van der Waals surface area contributed by atoms with Crippen LogP contribution in [0.1, 0.15) is 0 Å². The molecule has 0 atom stereocenters. The summed E-state index contributed by atoms with van der Waals surface area (Å²) in [5.41, 5.74) is 0.906. The number of benzene rings is 2. The zero-order chi connectivity index (χ0) is 15.1. The van der Waals surface area contributed by atoms with Crippen LogP contribution < -0.4 is 10.3 Å². The van der Waals surface area contributed by atoms with E-state index in [0.717, 1.165) is 10.4 Å². The van der Waals surface area contributed by atoms with Gasteiger partial charge in [0.2, 0.25) is 0 Å². The molecule has 3 aromatic rings. The fraction of sp³-hybridized carbons (Fsp3) is 0.133. The molecule has 1 aromatic heterocycles. The zero-order valence-corrected chi connectivity index (χ0v) is 12.3. The van der Waals surface area contributed by atoms with Gasteiger partial charge in [-0.1, -0.05) is 0 Å². The van der Waals surface area contributed by atoms with Crippen LogP contribution in [0.4, 0.5) is 11.4 Å². The molecular weight excluding hydrogens is 288 g/mol. The van der Waals surface area contributed by atoms with Crippen molar-refractivity contribution in [3.05, 3.63) is 56.7 Å². The van der Waals surface area contributed by atoms with E-state index >= 15 is 0 Å². The number of nitrogens with zero attached hydrogens (tertiary/aromatic N) is 2. The monoisotopic (exact) mass is 300 g/mol. The van der Waals surface area contributed by atoms with Crippen LogP contribution in [0.5, 0.6) is 0 Å². The highest BCUT2D eigenvalue weighted by Gasteiger charge is 2.11. The number of fused-ring (bicyclic) bond motifs is 2. The molecule has 5 nitrogen and oxygen atoms in total. The number of nitro groups is 1. The van der Waals surface area contributed by atoms with Crippen molar-refractivity contribution in [2.45, 2.75) is 0 Å². The maximum Gasteiger partial charge on any atom is 0.270 e. The molecule has 0 radical (unpaired) electrons. The van der Waals surface area contributed by atoms with Crippen molar-refractivity contribution in [3.8, 4) is 0 Å². The minimum atomic E-state index is -0.447. The highest BCUT2D eigenvalue weighted by Crippen LogP contribution is 2.29. The third-order valence-electron chi connectivity index (χ3n) is 3.37. The minimum Gasteiger partial charge on any atom is -0.378 e. The van der Waals surface area contributed by atoms with E-state index in [4.69, 9.17) is 0 Å². The highest BCUT2D eigenvalue weighted by atomic mass is 32.1. The Morgan fingerprint density at radius 3 is 2.29 bits per heavy atom. The zero-order valence-electron chi connectivity index (χ0n) is 11.5. The van der Waals surface area contributed by atoms with Crippen molar-refractivity contribution in [1.82, 2.24) is 0 Å². The molecule has 0 bridgehead atoms. The largest absolute Gasteiger partial charge is 0.378 e. The van der Waals surface area contributed by atoms with Crippen LogP contribution in [0, 0.1) is 10.1 Å². The Morgan fingerprint density at radius 1 is 1.05 bits per heavy atom. The first-order chi connectivity index (χ1) is 9.97. The minimum absolute atomic E-state index is 0.00117. The molecule has 106 valence electrons. The summed E-state index contributed by atoms with van der Waals surface area (Å²) < 4.78 is 1.47. The first kappa shape index (κ1) is 13.5. The van der Waals surface area contributed by atoms with Crippen LogP contribution in [-0.2, 0) is 0 Å². The molecule has 3 rings (SSSR count). The smallest absolute Gasteiger partial charge is 0.270 e. The molecule has 0 saturated carbocycles. The van der Waals surface area contributed by atoms with Crippen LogP contribution in [0.2, 0.25) is 0 Å². The molecule has 0 amide bonds. The summed E-state index contributed by atoms with van der Waals surface area (Å²) in [5, 5.41) is 12.0. The third kappa shape index (κ3) is 2.23. The normalized spacial score (nSPS) is 11.0. The molecule has 0 saturated heterocycles. The molecule has 21 heavy (non-hydrogen) atoms. The molecule has 6 heteroatoms. The summed E-state index contributed by atoms with van der Waals surface area (Å²) in [6.45, 7) is 0. The first-order valence-corrected chi connectivity index (χ1v) is 7.11. The van der Waals surface area contributed by atoms with Crippen LogP contribution in [-0.4, -0.2) is 19.0 Å². The van der Waals surface area contributed by atoms with E-state index in [1.54, 1.807) is 0 Å². The van der Waals surface area contributed by atoms with Crippen LogP contribution >= 0.6 is 11.3 Å². The predicted octanol–water partition coefficient (Wildman–Crippen LogP) is 3.39.